The third kappa shape index (κ3) is 7.04. The number of rotatable bonds is 6. The van der Waals surface area contributed by atoms with Gasteiger partial charge in [0.15, 0.2) is 0 Å². The molecule has 1 unspecified atom stereocenters. The van der Waals surface area contributed by atoms with Crippen molar-refractivity contribution in [3.8, 4) is 33.4 Å². The second-order valence-corrected chi connectivity index (χ2v) is 13.8. The normalized spacial score (nSPS) is 11.6. The topological polar surface area (TPSA) is 24.9 Å². The summed E-state index contributed by atoms with van der Waals surface area (Å²) in [7, 11) is 0. The molecule has 8 aromatic rings. The lowest BCUT2D eigenvalue weighted by Gasteiger charge is -2.18. The van der Waals surface area contributed by atoms with Crippen LogP contribution < -0.4 is 5.32 Å². The van der Waals surface area contributed by atoms with Crippen LogP contribution in [0.1, 0.15) is 35.2 Å². The molecule has 0 aliphatic carbocycles. The standard InChI is InChI=1S/C33H30N2.C13H10S/c1-23-8-4-5-12-32(23)33-21-29(14-13-24(33)2)28-10-6-9-27(20-28)25(3)35-31-17-15-26(16-18-31)30-11-7-19-34-22-30;1-9-5-4-8-12-13(9)10-6-2-3-7-11(10)14-12/h4-22,25,35H,1-3H3;2-8H,1H3. The molecule has 2 aromatic heterocycles. The summed E-state index contributed by atoms with van der Waals surface area (Å²) >= 11 is 1.88. The Morgan fingerprint density at radius 1 is 0.531 bits per heavy atom. The van der Waals surface area contributed by atoms with Crippen LogP contribution in [0, 0.1) is 20.8 Å². The highest BCUT2D eigenvalue weighted by molar-refractivity contribution is 7.25. The Labute approximate surface area is 293 Å². The smallest absolute Gasteiger partial charge is 0.0485 e. The van der Waals surface area contributed by atoms with E-state index < -0.39 is 0 Å². The summed E-state index contributed by atoms with van der Waals surface area (Å²) < 4.78 is 2.78. The molecule has 6 aromatic carbocycles. The number of nitrogens with zero attached hydrogens (tertiary/aromatic N) is 1. The molecule has 0 fully saturated rings. The summed E-state index contributed by atoms with van der Waals surface area (Å²) in [5.41, 5.74) is 13.7. The number of benzene rings is 6. The summed E-state index contributed by atoms with van der Waals surface area (Å²) in [6.45, 7) is 8.76. The van der Waals surface area contributed by atoms with Crippen molar-refractivity contribution in [3.63, 3.8) is 0 Å². The predicted molar refractivity (Wildman–Crippen MR) is 213 cm³/mol. The lowest BCUT2D eigenvalue weighted by Crippen LogP contribution is -2.06. The molecule has 0 saturated carbocycles. The Morgan fingerprint density at radius 2 is 1.20 bits per heavy atom. The van der Waals surface area contributed by atoms with E-state index in [1.54, 1.807) is 6.20 Å². The van der Waals surface area contributed by atoms with Gasteiger partial charge in [-0.25, -0.2) is 0 Å². The van der Waals surface area contributed by atoms with Gasteiger partial charge in [-0.05, 0) is 126 Å². The fourth-order valence-electron chi connectivity index (χ4n) is 6.53. The van der Waals surface area contributed by atoms with Crippen LogP contribution in [-0.4, -0.2) is 4.98 Å². The van der Waals surface area contributed by atoms with Crippen molar-refractivity contribution in [2.24, 2.45) is 0 Å². The molecule has 0 spiro atoms. The van der Waals surface area contributed by atoms with E-state index in [9.17, 15) is 0 Å². The van der Waals surface area contributed by atoms with Crippen LogP contribution in [0.15, 0.2) is 158 Å². The summed E-state index contributed by atoms with van der Waals surface area (Å²) in [6.07, 6.45) is 3.70. The SMILES string of the molecule is Cc1cccc2sc3ccccc3c12.Cc1ccccc1-c1cc(-c2cccc(C(C)Nc3ccc(-c4cccnc4)cc3)c2)ccc1C. The van der Waals surface area contributed by atoms with E-state index in [4.69, 9.17) is 0 Å². The van der Waals surface area contributed by atoms with E-state index in [1.165, 1.54) is 70.2 Å². The van der Waals surface area contributed by atoms with Gasteiger partial charge in [0.2, 0.25) is 0 Å². The number of aryl methyl sites for hydroxylation is 3. The Hall–Kier alpha value is -5.51. The van der Waals surface area contributed by atoms with Gasteiger partial charge in [-0.1, -0.05) is 103 Å². The maximum absolute atomic E-state index is 4.22. The van der Waals surface area contributed by atoms with Crippen molar-refractivity contribution in [2.45, 2.75) is 33.7 Å². The Bertz CT molecular complexity index is 2350. The molecule has 240 valence electrons. The molecule has 0 bridgehead atoms. The van der Waals surface area contributed by atoms with Crippen molar-refractivity contribution in [3.05, 3.63) is 180 Å². The number of aromatic nitrogens is 1. The van der Waals surface area contributed by atoms with Crippen LogP contribution in [0.2, 0.25) is 0 Å². The maximum atomic E-state index is 4.22. The number of anilines is 1. The highest BCUT2D eigenvalue weighted by Gasteiger charge is 2.11. The molecular formula is C46H40N2S. The quantitative estimate of drug-likeness (QED) is 0.193. The van der Waals surface area contributed by atoms with Gasteiger partial charge in [0.25, 0.3) is 0 Å². The maximum Gasteiger partial charge on any atom is 0.0485 e. The van der Waals surface area contributed by atoms with E-state index in [0.717, 1.165) is 11.3 Å². The molecule has 2 nitrogen and oxygen atoms in total. The number of thiophene rings is 1. The van der Waals surface area contributed by atoms with Gasteiger partial charge in [0.05, 0.1) is 0 Å². The molecule has 0 aliphatic rings. The molecule has 1 atom stereocenters. The number of hydrogen-bond acceptors (Lipinski definition) is 3. The van der Waals surface area contributed by atoms with E-state index in [0.29, 0.717) is 0 Å². The number of hydrogen-bond donors (Lipinski definition) is 1. The van der Waals surface area contributed by atoms with Crippen LogP contribution in [0.25, 0.3) is 53.6 Å². The first-order valence-electron chi connectivity index (χ1n) is 16.9. The van der Waals surface area contributed by atoms with Gasteiger partial charge < -0.3 is 5.32 Å². The van der Waals surface area contributed by atoms with Gasteiger partial charge in [0, 0.05) is 44.3 Å². The minimum atomic E-state index is 0.181. The zero-order valence-electron chi connectivity index (χ0n) is 28.4. The Kier molecular flexibility index (Phi) is 9.36. The average molecular weight is 653 g/mol. The second-order valence-electron chi connectivity index (χ2n) is 12.7. The largest absolute Gasteiger partial charge is 0.379 e. The van der Waals surface area contributed by atoms with Crippen LogP contribution in [-0.2, 0) is 0 Å². The molecule has 0 amide bonds. The molecule has 0 aliphatic heterocycles. The average Bonchev–Trinajstić information content (AvgIpc) is 3.53. The van der Waals surface area contributed by atoms with Gasteiger partial charge >= 0.3 is 0 Å². The van der Waals surface area contributed by atoms with Gasteiger partial charge in [-0.3, -0.25) is 4.98 Å². The van der Waals surface area contributed by atoms with Crippen LogP contribution in [0.4, 0.5) is 5.69 Å². The van der Waals surface area contributed by atoms with E-state index in [2.05, 4.69) is 178 Å². The molecule has 49 heavy (non-hydrogen) atoms. The third-order valence-corrected chi connectivity index (χ3v) is 10.4. The van der Waals surface area contributed by atoms with E-state index in [1.807, 2.05) is 23.6 Å². The molecule has 0 radical (unpaired) electrons. The number of nitrogens with one attached hydrogen (secondary N) is 1. The summed E-state index contributed by atoms with van der Waals surface area (Å²) in [4.78, 5) is 4.22. The zero-order chi connectivity index (χ0) is 33.7. The van der Waals surface area contributed by atoms with Crippen molar-refractivity contribution >= 4 is 37.2 Å². The van der Waals surface area contributed by atoms with Crippen LogP contribution >= 0.6 is 11.3 Å². The van der Waals surface area contributed by atoms with Crippen LogP contribution in [0.3, 0.4) is 0 Å². The first kappa shape index (κ1) is 32.1. The van der Waals surface area contributed by atoms with Crippen molar-refractivity contribution in [2.75, 3.05) is 5.32 Å². The van der Waals surface area contributed by atoms with Crippen molar-refractivity contribution in [1.29, 1.82) is 0 Å². The first-order chi connectivity index (χ1) is 23.9. The number of pyridine rings is 1. The summed E-state index contributed by atoms with van der Waals surface area (Å²) in [6, 6.07) is 52.2. The fraction of sp³-hybridized carbons (Fsp3) is 0.109. The molecule has 0 saturated heterocycles. The van der Waals surface area contributed by atoms with E-state index >= 15 is 0 Å². The van der Waals surface area contributed by atoms with Crippen LogP contribution in [0.5, 0.6) is 0 Å². The minimum absolute atomic E-state index is 0.181. The lowest BCUT2D eigenvalue weighted by molar-refractivity contribution is 0.885. The van der Waals surface area contributed by atoms with Crippen molar-refractivity contribution < 1.29 is 0 Å². The number of fused-ring (bicyclic) bond motifs is 3. The van der Waals surface area contributed by atoms with Gasteiger partial charge in [-0.2, -0.15) is 0 Å². The summed E-state index contributed by atoms with van der Waals surface area (Å²) in [5, 5.41) is 6.47. The predicted octanol–water partition coefficient (Wildman–Crippen LogP) is 13.2. The first-order valence-corrected chi connectivity index (χ1v) is 17.7. The fourth-order valence-corrected chi connectivity index (χ4v) is 7.72. The van der Waals surface area contributed by atoms with E-state index in [-0.39, 0.29) is 6.04 Å². The van der Waals surface area contributed by atoms with Gasteiger partial charge in [-0.15, -0.1) is 11.3 Å². The lowest BCUT2D eigenvalue weighted by atomic mass is 9.92. The zero-order valence-corrected chi connectivity index (χ0v) is 29.3. The second kappa shape index (κ2) is 14.3. The highest BCUT2D eigenvalue weighted by atomic mass is 32.1. The third-order valence-electron chi connectivity index (χ3n) is 9.27. The molecule has 2 heterocycles. The van der Waals surface area contributed by atoms with Crippen molar-refractivity contribution in [1.82, 2.24) is 4.98 Å². The highest BCUT2D eigenvalue weighted by Crippen LogP contribution is 2.36. The summed E-state index contributed by atoms with van der Waals surface area (Å²) in [5.74, 6) is 0. The minimum Gasteiger partial charge on any atom is -0.379 e. The van der Waals surface area contributed by atoms with Gasteiger partial charge in [0.1, 0.15) is 0 Å². The Balaban J connectivity index is 0.000000223. The monoisotopic (exact) mass is 652 g/mol. The molecule has 8 rings (SSSR count). The molecular weight excluding hydrogens is 613 g/mol. The molecule has 1 N–H and O–H groups in total. The Morgan fingerprint density at radius 3 is 2.02 bits per heavy atom. The molecule has 3 heteroatoms.